The lowest BCUT2D eigenvalue weighted by Gasteiger charge is -2.08. The van der Waals surface area contributed by atoms with Gasteiger partial charge in [0.1, 0.15) is 17.3 Å². The van der Waals surface area contributed by atoms with E-state index in [-0.39, 0.29) is 11.3 Å². The predicted molar refractivity (Wildman–Crippen MR) is 131 cm³/mol. The van der Waals surface area contributed by atoms with Gasteiger partial charge >= 0.3 is 11.9 Å². The lowest BCUT2D eigenvalue weighted by molar-refractivity contribution is 0.0730. The van der Waals surface area contributed by atoms with Crippen LogP contribution in [0.1, 0.15) is 77.3 Å². The van der Waals surface area contributed by atoms with Crippen LogP contribution in [0.2, 0.25) is 0 Å². The Kier molecular flexibility index (Phi) is 9.39. The second kappa shape index (κ2) is 12.7. The van der Waals surface area contributed by atoms with Crippen LogP contribution in [0, 0.1) is 12.7 Å². The average molecular weight is 463 g/mol. The first-order valence-corrected chi connectivity index (χ1v) is 11.9. The third-order valence-corrected chi connectivity index (χ3v) is 5.66. The van der Waals surface area contributed by atoms with Crippen molar-refractivity contribution < 1.29 is 23.5 Å². The van der Waals surface area contributed by atoms with E-state index in [1.54, 1.807) is 25.1 Å². The molecule has 0 unspecified atom stereocenters. The van der Waals surface area contributed by atoms with Crippen molar-refractivity contribution in [3.63, 3.8) is 0 Å². The van der Waals surface area contributed by atoms with Gasteiger partial charge in [0, 0.05) is 6.07 Å². The number of ether oxygens (including phenoxy) is 2. The number of halogens is 1. The number of rotatable bonds is 11. The topological polar surface area (TPSA) is 52.6 Å². The van der Waals surface area contributed by atoms with E-state index in [1.807, 2.05) is 12.1 Å². The van der Waals surface area contributed by atoms with E-state index < -0.39 is 17.8 Å². The molecule has 0 radical (unpaired) electrons. The minimum absolute atomic E-state index is 0.128. The van der Waals surface area contributed by atoms with Crippen LogP contribution in [0.25, 0.3) is 0 Å². The van der Waals surface area contributed by atoms with Crippen LogP contribution in [0.3, 0.4) is 0 Å². The average Bonchev–Trinajstić information content (AvgIpc) is 2.84. The van der Waals surface area contributed by atoms with Crippen LogP contribution in [0.15, 0.2) is 66.7 Å². The summed E-state index contributed by atoms with van der Waals surface area (Å²) in [6, 6.07) is 17.8. The van der Waals surface area contributed by atoms with Crippen molar-refractivity contribution >= 4 is 11.9 Å². The molecule has 0 amide bonds. The first-order chi connectivity index (χ1) is 16.5. The van der Waals surface area contributed by atoms with Gasteiger partial charge in [-0.15, -0.1) is 0 Å². The summed E-state index contributed by atoms with van der Waals surface area (Å²) in [6.45, 7) is 3.85. The zero-order chi connectivity index (χ0) is 24.3. The van der Waals surface area contributed by atoms with E-state index in [1.165, 1.54) is 74.1 Å². The molecule has 0 aliphatic carbocycles. The molecule has 0 heterocycles. The maximum Gasteiger partial charge on any atom is 0.343 e. The van der Waals surface area contributed by atoms with Gasteiger partial charge in [-0.25, -0.2) is 14.0 Å². The molecule has 0 saturated heterocycles. The third kappa shape index (κ3) is 7.55. The Bertz CT molecular complexity index is 1090. The molecule has 0 atom stereocenters. The summed E-state index contributed by atoms with van der Waals surface area (Å²) in [7, 11) is 0. The van der Waals surface area contributed by atoms with Crippen molar-refractivity contribution in [3.05, 3.63) is 94.8 Å². The summed E-state index contributed by atoms with van der Waals surface area (Å²) in [4.78, 5) is 24.7. The van der Waals surface area contributed by atoms with E-state index >= 15 is 0 Å². The number of unbranched alkanes of at least 4 members (excludes halogenated alkanes) is 5. The largest absolute Gasteiger partial charge is 0.423 e. The summed E-state index contributed by atoms with van der Waals surface area (Å²) < 4.78 is 24.3. The van der Waals surface area contributed by atoms with Gasteiger partial charge in [0.2, 0.25) is 0 Å². The second-order valence-electron chi connectivity index (χ2n) is 8.43. The maximum absolute atomic E-state index is 13.6. The molecule has 0 fully saturated rings. The number of carbonyl (C=O) groups excluding carboxylic acids is 2. The molecule has 0 spiro atoms. The van der Waals surface area contributed by atoms with E-state index in [4.69, 9.17) is 9.47 Å². The molecule has 4 nitrogen and oxygen atoms in total. The first kappa shape index (κ1) is 25.2. The van der Waals surface area contributed by atoms with Crippen LogP contribution < -0.4 is 9.47 Å². The summed E-state index contributed by atoms with van der Waals surface area (Å²) in [5.41, 5.74) is 2.41. The van der Waals surface area contributed by atoms with Crippen LogP contribution in [0.4, 0.5) is 4.39 Å². The monoisotopic (exact) mass is 462 g/mol. The van der Waals surface area contributed by atoms with Gasteiger partial charge in [-0.1, -0.05) is 57.2 Å². The molecule has 0 bridgehead atoms. The van der Waals surface area contributed by atoms with Gasteiger partial charge in [0.15, 0.2) is 0 Å². The molecule has 0 aliphatic rings. The van der Waals surface area contributed by atoms with E-state index in [0.717, 1.165) is 12.8 Å². The summed E-state index contributed by atoms with van der Waals surface area (Å²) in [6.07, 6.45) is 8.53. The number of benzene rings is 3. The Hall–Kier alpha value is -3.47. The van der Waals surface area contributed by atoms with Crippen molar-refractivity contribution in [2.24, 2.45) is 0 Å². The Morgan fingerprint density at radius 3 is 1.85 bits per heavy atom. The summed E-state index contributed by atoms with van der Waals surface area (Å²) in [5, 5.41) is 0. The number of hydrogen-bond acceptors (Lipinski definition) is 4. The molecular weight excluding hydrogens is 431 g/mol. The number of hydrogen-bond donors (Lipinski definition) is 0. The number of aryl methyl sites for hydroxylation is 2. The summed E-state index contributed by atoms with van der Waals surface area (Å²) in [5.74, 6) is -1.08. The Balaban J connectivity index is 1.49. The van der Waals surface area contributed by atoms with Crippen molar-refractivity contribution in [3.8, 4) is 11.5 Å². The van der Waals surface area contributed by atoms with E-state index in [9.17, 15) is 14.0 Å². The molecule has 3 aromatic rings. The highest BCUT2D eigenvalue weighted by Gasteiger charge is 2.12. The number of carbonyl (C=O) groups is 2. The molecule has 3 aromatic carbocycles. The van der Waals surface area contributed by atoms with E-state index in [0.29, 0.717) is 16.9 Å². The van der Waals surface area contributed by atoms with Gasteiger partial charge in [0.05, 0.1) is 11.1 Å². The number of esters is 2. The third-order valence-electron chi connectivity index (χ3n) is 5.66. The van der Waals surface area contributed by atoms with Crippen LogP contribution in [0.5, 0.6) is 11.5 Å². The SMILES string of the molecule is CCCCCCCCc1ccc(C(=O)Oc2ccc(C(=O)Oc3ccc(C)c(F)c3)cc2)cc1. The normalized spacial score (nSPS) is 10.7. The molecule has 34 heavy (non-hydrogen) atoms. The van der Waals surface area contributed by atoms with Crippen molar-refractivity contribution in [1.82, 2.24) is 0 Å². The predicted octanol–water partition coefficient (Wildman–Crippen LogP) is 7.48. The van der Waals surface area contributed by atoms with Crippen molar-refractivity contribution in [2.45, 2.75) is 58.8 Å². The molecule has 5 heteroatoms. The minimum Gasteiger partial charge on any atom is -0.423 e. The minimum atomic E-state index is -0.623. The zero-order valence-corrected chi connectivity index (χ0v) is 19.8. The quantitative estimate of drug-likeness (QED) is 0.168. The molecule has 0 N–H and O–H groups in total. The van der Waals surface area contributed by atoms with Gasteiger partial charge in [-0.3, -0.25) is 0 Å². The smallest absolute Gasteiger partial charge is 0.343 e. The zero-order valence-electron chi connectivity index (χ0n) is 19.8. The molecule has 0 aromatic heterocycles. The molecule has 178 valence electrons. The van der Waals surface area contributed by atoms with Crippen LogP contribution in [-0.4, -0.2) is 11.9 Å². The molecule has 3 rings (SSSR count). The van der Waals surface area contributed by atoms with Gasteiger partial charge in [0.25, 0.3) is 0 Å². The Morgan fingerprint density at radius 1 is 0.706 bits per heavy atom. The van der Waals surface area contributed by atoms with Gasteiger partial charge in [-0.2, -0.15) is 0 Å². The first-order valence-electron chi connectivity index (χ1n) is 11.9. The van der Waals surface area contributed by atoms with Crippen LogP contribution >= 0.6 is 0 Å². The van der Waals surface area contributed by atoms with Crippen LogP contribution in [-0.2, 0) is 6.42 Å². The fourth-order valence-corrected chi connectivity index (χ4v) is 3.55. The lowest BCUT2D eigenvalue weighted by atomic mass is 10.0. The van der Waals surface area contributed by atoms with Crippen molar-refractivity contribution in [2.75, 3.05) is 0 Å². The highest BCUT2D eigenvalue weighted by atomic mass is 19.1. The van der Waals surface area contributed by atoms with Gasteiger partial charge in [-0.05, 0) is 73.4 Å². The molecule has 0 aliphatic heterocycles. The van der Waals surface area contributed by atoms with E-state index in [2.05, 4.69) is 6.92 Å². The lowest BCUT2D eigenvalue weighted by Crippen LogP contribution is -2.10. The maximum atomic E-state index is 13.6. The Labute approximate surface area is 200 Å². The fraction of sp³-hybridized carbons (Fsp3) is 0.310. The highest BCUT2D eigenvalue weighted by molar-refractivity contribution is 5.92. The standard InChI is InChI=1S/C29H31FO4/c1-3-4-5-6-7-8-9-22-11-13-23(14-12-22)28(31)33-25-18-15-24(16-19-25)29(32)34-26-17-10-21(2)27(30)20-26/h10-20H,3-9H2,1-2H3. The molecule has 0 saturated carbocycles. The van der Waals surface area contributed by atoms with Gasteiger partial charge < -0.3 is 9.47 Å². The fourth-order valence-electron chi connectivity index (χ4n) is 3.55. The Morgan fingerprint density at radius 2 is 1.24 bits per heavy atom. The molecular formula is C29H31FO4. The summed E-state index contributed by atoms with van der Waals surface area (Å²) >= 11 is 0. The highest BCUT2D eigenvalue weighted by Crippen LogP contribution is 2.20. The van der Waals surface area contributed by atoms with Crippen molar-refractivity contribution in [1.29, 1.82) is 0 Å². The second-order valence-corrected chi connectivity index (χ2v) is 8.43.